The third-order valence-corrected chi connectivity index (χ3v) is 2.70. The molecule has 18 heavy (non-hydrogen) atoms. The maximum atomic E-state index is 4.56. The molecule has 0 heterocycles. The molecule has 1 nitrogen and oxygen atoms in total. The smallest absolute Gasteiger partial charge is 0.0708 e. The Bertz CT molecular complexity index is 553. The van der Waals surface area contributed by atoms with Crippen LogP contribution >= 0.6 is 0 Å². The van der Waals surface area contributed by atoms with Gasteiger partial charge in [0, 0.05) is 11.1 Å². The number of allylic oxidation sites excluding steroid dienone is 3. The van der Waals surface area contributed by atoms with Crippen LogP contribution in [0.5, 0.6) is 0 Å². The Morgan fingerprint density at radius 1 is 1.33 bits per heavy atom. The minimum atomic E-state index is 0.696. The number of nitrogens with zero attached hydrogens (tertiary/aromatic N) is 1. The van der Waals surface area contributed by atoms with E-state index in [4.69, 9.17) is 0 Å². The number of hydrogen-bond donors (Lipinski definition) is 0. The van der Waals surface area contributed by atoms with Gasteiger partial charge in [-0.25, -0.2) is 4.99 Å². The molecule has 0 fully saturated rings. The Morgan fingerprint density at radius 2 is 2.00 bits per heavy atom. The van der Waals surface area contributed by atoms with Gasteiger partial charge in [0.25, 0.3) is 0 Å². The normalized spacial score (nSPS) is 11.4. The first kappa shape index (κ1) is 14.0. The number of aliphatic imine (C=N–C) groups is 1. The topological polar surface area (TPSA) is 12.4 Å². The van der Waals surface area contributed by atoms with Crippen molar-refractivity contribution in [2.75, 3.05) is 0 Å². The molecule has 0 aromatic heterocycles. The van der Waals surface area contributed by atoms with Gasteiger partial charge in [0.1, 0.15) is 0 Å². The SMILES string of the molecule is C=C=C(C)C(=C)N=C(/C=C\C)c1ccccc1C. The Morgan fingerprint density at radius 3 is 2.56 bits per heavy atom. The molecule has 0 bridgehead atoms. The van der Waals surface area contributed by atoms with Crippen molar-refractivity contribution in [3.8, 4) is 0 Å². The average molecular weight is 237 g/mol. The summed E-state index contributed by atoms with van der Waals surface area (Å²) in [7, 11) is 0. The minimum absolute atomic E-state index is 0.696. The highest BCUT2D eigenvalue weighted by Crippen LogP contribution is 2.14. The van der Waals surface area contributed by atoms with Crippen molar-refractivity contribution in [3.63, 3.8) is 0 Å². The number of aryl methyl sites for hydroxylation is 1. The highest BCUT2D eigenvalue weighted by atomic mass is 14.8. The molecule has 1 heteroatoms. The highest BCUT2D eigenvalue weighted by molar-refractivity contribution is 6.10. The van der Waals surface area contributed by atoms with Gasteiger partial charge in [0.15, 0.2) is 0 Å². The van der Waals surface area contributed by atoms with Crippen molar-refractivity contribution in [1.82, 2.24) is 0 Å². The van der Waals surface area contributed by atoms with E-state index < -0.39 is 0 Å². The van der Waals surface area contributed by atoms with Gasteiger partial charge in [0.05, 0.1) is 11.4 Å². The van der Waals surface area contributed by atoms with E-state index in [0.29, 0.717) is 5.70 Å². The fraction of sp³-hybridized carbons (Fsp3) is 0.176. The number of rotatable bonds is 4. The Kier molecular flexibility index (Phi) is 5.10. The molecule has 0 atom stereocenters. The van der Waals surface area contributed by atoms with Crippen molar-refractivity contribution in [2.24, 2.45) is 4.99 Å². The molecule has 0 radical (unpaired) electrons. The monoisotopic (exact) mass is 237 g/mol. The molecule has 0 aliphatic heterocycles. The Labute approximate surface area is 110 Å². The van der Waals surface area contributed by atoms with Gasteiger partial charge >= 0.3 is 0 Å². The van der Waals surface area contributed by atoms with Crippen LogP contribution < -0.4 is 0 Å². The fourth-order valence-corrected chi connectivity index (χ4v) is 1.54. The van der Waals surface area contributed by atoms with Crippen molar-refractivity contribution in [3.05, 3.63) is 77.7 Å². The standard InChI is InChI=1S/C17H19N/c1-6-10-17(18-15(5)13(3)7-2)16-12-9-8-11-14(16)4/h6,8-12H,2,5H2,1,3-4H3/b10-6-,18-17?. The van der Waals surface area contributed by atoms with Gasteiger partial charge < -0.3 is 0 Å². The molecule has 0 aliphatic carbocycles. The summed E-state index contributed by atoms with van der Waals surface area (Å²) >= 11 is 0. The zero-order valence-corrected chi connectivity index (χ0v) is 11.3. The highest BCUT2D eigenvalue weighted by Gasteiger charge is 2.04. The van der Waals surface area contributed by atoms with E-state index in [2.05, 4.69) is 42.9 Å². The van der Waals surface area contributed by atoms with Crippen LogP contribution in [0.1, 0.15) is 25.0 Å². The first-order valence-corrected chi connectivity index (χ1v) is 5.93. The van der Waals surface area contributed by atoms with Crippen LogP contribution in [0.15, 0.2) is 71.6 Å². The number of hydrogen-bond acceptors (Lipinski definition) is 1. The zero-order chi connectivity index (χ0) is 13.5. The second-order valence-electron chi connectivity index (χ2n) is 4.06. The molecule has 0 saturated carbocycles. The molecule has 0 saturated heterocycles. The maximum Gasteiger partial charge on any atom is 0.0708 e. The fourth-order valence-electron chi connectivity index (χ4n) is 1.54. The van der Waals surface area contributed by atoms with Gasteiger partial charge in [0.2, 0.25) is 0 Å². The first-order valence-electron chi connectivity index (χ1n) is 5.93. The lowest BCUT2D eigenvalue weighted by molar-refractivity contribution is 1.30. The molecule has 1 aromatic rings. The van der Waals surface area contributed by atoms with Crippen molar-refractivity contribution in [2.45, 2.75) is 20.8 Å². The van der Waals surface area contributed by atoms with Gasteiger partial charge in [-0.1, -0.05) is 43.5 Å². The first-order chi connectivity index (χ1) is 8.60. The molecule has 92 valence electrons. The molecule has 0 N–H and O–H groups in total. The maximum absolute atomic E-state index is 4.56. The summed E-state index contributed by atoms with van der Waals surface area (Å²) in [6.45, 7) is 13.5. The molecular weight excluding hydrogens is 218 g/mol. The van der Waals surface area contributed by atoms with Crippen LogP contribution in [0.25, 0.3) is 0 Å². The molecule has 1 rings (SSSR count). The van der Waals surface area contributed by atoms with Crippen LogP contribution in [0.2, 0.25) is 0 Å². The average Bonchev–Trinajstić information content (AvgIpc) is 2.37. The largest absolute Gasteiger partial charge is 0.248 e. The summed E-state index contributed by atoms with van der Waals surface area (Å²) < 4.78 is 0. The summed E-state index contributed by atoms with van der Waals surface area (Å²) in [6, 6.07) is 8.18. The van der Waals surface area contributed by atoms with E-state index in [-0.39, 0.29) is 0 Å². The van der Waals surface area contributed by atoms with Crippen LogP contribution in [0.3, 0.4) is 0 Å². The summed E-state index contributed by atoms with van der Waals surface area (Å²) in [5, 5.41) is 0. The zero-order valence-electron chi connectivity index (χ0n) is 11.3. The van der Waals surface area contributed by atoms with E-state index in [0.717, 1.165) is 16.8 Å². The van der Waals surface area contributed by atoms with Gasteiger partial charge in [-0.15, -0.1) is 5.73 Å². The van der Waals surface area contributed by atoms with Crippen LogP contribution in [0, 0.1) is 6.92 Å². The summed E-state index contributed by atoms with van der Waals surface area (Å²) in [6.07, 6.45) is 3.97. The lowest BCUT2D eigenvalue weighted by atomic mass is 10.0. The van der Waals surface area contributed by atoms with Crippen molar-refractivity contribution in [1.29, 1.82) is 0 Å². The van der Waals surface area contributed by atoms with Crippen LogP contribution in [0.4, 0.5) is 0 Å². The predicted octanol–water partition coefficient (Wildman–Crippen LogP) is 4.61. The minimum Gasteiger partial charge on any atom is -0.248 e. The predicted molar refractivity (Wildman–Crippen MR) is 80.0 cm³/mol. The van der Waals surface area contributed by atoms with Crippen LogP contribution in [-0.2, 0) is 0 Å². The summed E-state index contributed by atoms with van der Waals surface area (Å²) in [5.74, 6) is 0. The quantitative estimate of drug-likeness (QED) is 0.412. The van der Waals surface area contributed by atoms with Crippen LogP contribution in [-0.4, -0.2) is 5.71 Å². The molecule has 0 amide bonds. The molecular formula is C17H19N. The second-order valence-corrected chi connectivity index (χ2v) is 4.06. The Balaban J connectivity index is 3.28. The third kappa shape index (κ3) is 3.44. The third-order valence-electron chi connectivity index (χ3n) is 2.70. The molecule has 0 spiro atoms. The van der Waals surface area contributed by atoms with Gasteiger partial charge in [-0.05, 0) is 32.4 Å². The number of benzene rings is 1. The lowest BCUT2D eigenvalue weighted by Gasteiger charge is -2.07. The van der Waals surface area contributed by atoms with E-state index >= 15 is 0 Å². The van der Waals surface area contributed by atoms with Crippen molar-refractivity contribution < 1.29 is 0 Å². The summed E-state index contributed by atoms with van der Waals surface area (Å²) in [4.78, 5) is 4.56. The molecule has 1 aromatic carbocycles. The van der Waals surface area contributed by atoms with E-state index in [1.165, 1.54) is 5.56 Å². The summed E-state index contributed by atoms with van der Waals surface area (Å²) in [5.41, 5.74) is 7.60. The molecule has 0 aliphatic rings. The van der Waals surface area contributed by atoms with Gasteiger partial charge in [-0.2, -0.15) is 0 Å². The lowest BCUT2D eigenvalue weighted by Crippen LogP contribution is -2.00. The van der Waals surface area contributed by atoms with Crippen molar-refractivity contribution >= 4 is 5.71 Å². The van der Waals surface area contributed by atoms with E-state index in [9.17, 15) is 0 Å². The Hall–Kier alpha value is -2.11. The van der Waals surface area contributed by atoms with E-state index in [1.54, 1.807) is 0 Å². The second kappa shape index (κ2) is 6.58. The van der Waals surface area contributed by atoms with Gasteiger partial charge in [-0.3, -0.25) is 0 Å². The van der Waals surface area contributed by atoms with E-state index in [1.807, 2.05) is 38.1 Å². The molecule has 0 unspecified atom stereocenters.